The summed E-state index contributed by atoms with van der Waals surface area (Å²) in [6.45, 7) is -0.170. The van der Waals surface area contributed by atoms with Gasteiger partial charge < -0.3 is 5.32 Å². The number of aromatic nitrogens is 2. The van der Waals surface area contributed by atoms with Gasteiger partial charge in [0.15, 0.2) is 0 Å². The van der Waals surface area contributed by atoms with Gasteiger partial charge in [-0.2, -0.15) is 0 Å². The Hall–Kier alpha value is -3.45. The molecule has 1 N–H and O–H groups in total. The number of anilines is 1. The molecule has 0 atom stereocenters. The molecule has 150 valence electrons. The van der Waals surface area contributed by atoms with Crippen LogP contribution in [0.4, 0.5) is 5.69 Å². The largest absolute Gasteiger partial charge is 0.336 e. The lowest BCUT2D eigenvalue weighted by atomic mass is 10.1. The molecule has 7 heteroatoms. The summed E-state index contributed by atoms with van der Waals surface area (Å²) < 4.78 is 2.94. The van der Waals surface area contributed by atoms with E-state index >= 15 is 0 Å². The van der Waals surface area contributed by atoms with Gasteiger partial charge in [-0.15, -0.1) is 11.3 Å². The minimum atomic E-state index is -0.527. The summed E-state index contributed by atoms with van der Waals surface area (Å²) in [5.41, 5.74) is 3.39. The maximum atomic E-state index is 13.2. The molecule has 1 amide bonds. The molecule has 0 unspecified atom stereocenters. The van der Waals surface area contributed by atoms with Gasteiger partial charge in [0, 0.05) is 5.69 Å². The lowest BCUT2D eigenvalue weighted by molar-refractivity contribution is -0.116. The number of carbonyl (C=O) groups excluding carboxylic acids is 1. The Balaban J connectivity index is 1.53. The number of carbonyl (C=O) groups is 1. The Labute approximate surface area is 176 Å². The zero-order chi connectivity index (χ0) is 20.7. The minimum Gasteiger partial charge on any atom is -0.325 e. The van der Waals surface area contributed by atoms with E-state index in [2.05, 4.69) is 11.4 Å². The Kier molecular flexibility index (Phi) is 4.59. The average molecular weight is 417 g/mol. The van der Waals surface area contributed by atoms with Gasteiger partial charge in [0.25, 0.3) is 5.56 Å². The maximum Gasteiger partial charge on any atom is 0.336 e. The normalized spacial score (nSPS) is 12.8. The van der Waals surface area contributed by atoms with Crippen molar-refractivity contribution >= 4 is 33.1 Å². The van der Waals surface area contributed by atoms with Crippen LogP contribution in [0, 0.1) is 0 Å². The van der Waals surface area contributed by atoms with Crippen LogP contribution in [-0.4, -0.2) is 15.0 Å². The summed E-state index contributed by atoms with van der Waals surface area (Å²) in [7, 11) is 0. The molecule has 5 rings (SSSR count). The number of aryl methyl sites for hydroxylation is 2. The zero-order valence-corrected chi connectivity index (χ0v) is 16.9. The standard InChI is InChI=1S/C23H19N3O3S/c27-20(24-17-10-9-15-5-4-6-16(15)13-17)14-25-19-11-12-30-21(19)22(28)26(23(25)29)18-7-2-1-3-8-18/h1-3,7-13H,4-6,14H2,(H,24,27). The molecule has 0 saturated carbocycles. The fourth-order valence-electron chi connectivity index (χ4n) is 4.04. The fourth-order valence-corrected chi connectivity index (χ4v) is 4.86. The number of hydrogen-bond acceptors (Lipinski definition) is 4. The third kappa shape index (κ3) is 3.17. The Morgan fingerprint density at radius 3 is 2.63 bits per heavy atom. The van der Waals surface area contributed by atoms with Gasteiger partial charge in [-0.3, -0.25) is 14.2 Å². The van der Waals surface area contributed by atoms with Gasteiger partial charge in [-0.25, -0.2) is 9.36 Å². The number of para-hydroxylation sites is 1. The summed E-state index contributed by atoms with van der Waals surface area (Å²) in [4.78, 5) is 38.9. The first-order valence-electron chi connectivity index (χ1n) is 9.82. The molecule has 1 aliphatic carbocycles. The van der Waals surface area contributed by atoms with Crippen molar-refractivity contribution in [3.8, 4) is 5.69 Å². The van der Waals surface area contributed by atoms with Crippen LogP contribution in [0.1, 0.15) is 17.5 Å². The first-order valence-corrected chi connectivity index (χ1v) is 10.7. The number of thiophene rings is 1. The molecule has 0 fully saturated rings. The molecule has 2 aromatic carbocycles. The first-order chi connectivity index (χ1) is 14.6. The quantitative estimate of drug-likeness (QED) is 0.554. The second kappa shape index (κ2) is 7.42. The van der Waals surface area contributed by atoms with Crippen LogP contribution in [0.2, 0.25) is 0 Å². The molecule has 2 heterocycles. The van der Waals surface area contributed by atoms with Crippen LogP contribution in [-0.2, 0) is 24.2 Å². The topological polar surface area (TPSA) is 73.1 Å². The number of amides is 1. The molecule has 0 aliphatic heterocycles. The zero-order valence-electron chi connectivity index (χ0n) is 16.1. The highest BCUT2D eigenvalue weighted by molar-refractivity contribution is 7.17. The molecular weight excluding hydrogens is 398 g/mol. The van der Waals surface area contributed by atoms with E-state index in [-0.39, 0.29) is 18.0 Å². The molecule has 4 aromatic rings. The van der Waals surface area contributed by atoms with Crippen molar-refractivity contribution in [2.75, 3.05) is 5.32 Å². The van der Waals surface area contributed by atoms with Gasteiger partial charge in [-0.05, 0) is 66.1 Å². The Morgan fingerprint density at radius 1 is 1.00 bits per heavy atom. The van der Waals surface area contributed by atoms with Gasteiger partial charge >= 0.3 is 5.69 Å². The van der Waals surface area contributed by atoms with Crippen molar-refractivity contribution in [2.45, 2.75) is 25.8 Å². The van der Waals surface area contributed by atoms with Gasteiger partial charge in [-0.1, -0.05) is 24.3 Å². The number of hydrogen-bond donors (Lipinski definition) is 1. The molecule has 6 nitrogen and oxygen atoms in total. The highest BCUT2D eigenvalue weighted by Gasteiger charge is 2.18. The van der Waals surface area contributed by atoms with Crippen molar-refractivity contribution < 1.29 is 4.79 Å². The van der Waals surface area contributed by atoms with E-state index in [1.54, 1.807) is 35.7 Å². The Morgan fingerprint density at radius 2 is 1.80 bits per heavy atom. The van der Waals surface area contributed by atoms with Crippen molar-refractivity contribution in [3.05, 3.63) is 91.9 Å². The number of fused-ring (bicyclic) bond motifs is 2. The van der Waals surface area contributed by atoms with E-state index in [1.165, 1.54) is 27.0 Å². The van der Waals surface area contributed by atoms with E-state index in [0.29, 0.717) is 15.9 Å². The highest BCUT2D eigenvalue weighted by atomic mass is 32.1. The van der Waals surface area contributed by atoms with Crippen molar-refractivity contribution in [1.82, 2.24) is 9.13 Å². The fraction of sp³-hybridized carbons (Fsp3) is 0.174. The summed E-state index contributed by atoms with van der Waals surface area (Å²) in [5.74, 6) is -0.305. The molecule has 0 radical (unpaired) electrons. The average Bonchev–Trinajstić information content (AvgIpc) is 3.41. The highest BCUT2D eigenvalue weighted by Crippen LogP contribution is 2.25. The van der Waals surface area contributed by atoms with Gasteiger partial charge in [0.05, 0.1) is 11.2 Å². The summed E-state index contributed by atoms with van der Waals surface area (Å²) in [5, 5.41) is 4.66. The van der Waals surface area contributed by atoms with Gasteiger partial charge in [0.1, 0.15) is 11.2 Å². The van der Waals surface area contributed by atoms with Crippen LogP contribution in [0.25, 0.3) is 15.9 Å². The third-order valence-corrected chi connectivity index (χ3v) is 6.34. The maximum absolute atomic E-state index is 13.2. The van der Waals surface area contributed by atoms with Crippen LogP contribution in [0.15, 0.2) is 69.6 Å². The predicted molar refractivity (Wildman–Crippen MR) is 119 cm³/mol. The summed E-state index contributed by atoms with van der Waals surface area (Å²) >= 11 is 1.27. The second-order valence-corrected chi connectivity index (χ2v) is 8.28. The molecular formula is C23H19N3O3S. The number of rotatable bonds is 4. The molecule has 0 spiro atoms. The molecule has 2 aromatic heterocycles. The van der Waals surface area contributed by atoms with E-state index in [0.717, 1.165) is 29.5 Å². The SMILES string of the molecule is O=C(Cn1c(=O)n(-c2ccccc2)c(=O)c2sccc21)Nc1ccc2c(c1)CCC2. The van der Waals surface area contributed by atoms with Crippen molar-refractivity contribution in [2.24, 2.45) is 0 Å². The van der Waals surface area contributed by atoms with E-state index in [1.807, 2.05) is 18.2 Å². The number of benzene rings is 2. The molecule has 30 heavy (non-hydrogen) atoms. The number of nitrogens with one attached hydrogen (secondary N) is 1. The molecule has 1 aliphatic rings. The van der Waals surface area contributed by atoms with Crippen LogP contribution in [0.5, 0.6) is 0 Å². The smallest absolute Gasteiger partial charge is 0.325 e. The monoisotopic (exact) mass is 417 g/mol. The predicted octanol–water partition coefficient (Wildman–Crippen LogP) is 3.34. The Bertz CT molecular complexity index is 1380. The van der Waals surface area contributed by atoms with Crippen LogP contribution >= 0.6 is 11.3 Å². The van der Waals surface area contributed by atoms with E-state index in [4.69, 9.17) is 0 Å². The number of nitrogens with zero attached hydrogens (tertiary/aromatic N) is 2. The third-order valence-electron chi connectivity index (χ3n) is 5.45. The van der Waals surface area contributed by atoms with Crippen LogP contribution in [0.3, 0.4) is 0 Å². The lowest BCUT2D eigenvalue weighted by Crippen LogP contribution is -2.40. The molecule has 0 saturated heterocycles. The summed E-state index contributed by atoms with van der Waals surface area (Å²) in [6.07, 6.45) is 3.24. The lowest BCUT2D eigenvalue weighted by Gasteiger charge is -2.13. The van der Waals surface area contributed by atoms with E-state index < -0.39 is 5.69 Å². The van der Waals surface area contributed by atoms with Gasteiger partial charge in [0.2, 0.25) is 5.91 Å². The van der Waals surface area contributed by atoms with Crippen LogP contribution < -0.4 is 16.6 Å². The minimum absolute atomic E-state index is 0.170. The van der Waals surface area contributed by atoms with Crippen molar-refractivity contribution in [1.29, 1.82) is 0 Å². The second-order valence-electron chi connectivity index (χ2n) is 7.37. The van der Waals surface area contributed by atoms with E-state index in [9.17, 15) is 14.4 Å². The first kappa shape index (κ1) is 18.6. The van der Waals surface area contributed by atoms with Crippen molar-refractivity contribution in [3.63, 3.8) is 0 Å². The molecule has 0 bridgehead atoms. The summed E-state index contributed by atoms with van der Waals surface area (Å²) in [6, 6.07) is 16.4.